The molecule has 1 N–H and O–H groups in total. The lowest BCUT2D eigenvalue weighted by atomic mass is 9.66. The van der Waals surface area contributed by atoms with E-state index in [9.17, 15) is 18.4 Å². The van der Waals surface area contributed by atoms with Gasteiger partial charge >= 0.3 is 6.09 Å². The first kappa shape index (κ1) is 23.6. The monoisotopic (exact) mass is 491 g/mol. The summed E-state index contributed by atoms with van der Waals surface area (Å²) in [6.45, 7) is 4.41. The van der Waals surface area contributed by atoms with E-state index in [1.165, 1.54) is 17.0 Å². The molecule has 35 heavy (non-hydrogen) atoms. The number of aromatic nitrogens is 3. The molecule has 0 spiro atoms. The summed E-state index contributed by atoms with van der Waals surface area (Å²) in [6, 6.07) is -0.759. The van der Waals surface area contributed by atoms with Crippen LogP contribution in [0.3, 0.4) is 0 Å². The number of nitrogens with zero attached hydrogens (tertiary/aromatic N) is 4. The van der Waals surface area contributed by atoms with Crippen molar-refractivity contribution in [1.82, 2.24) is 25.2 Å². The van der Waals surface area contributed by atoms with Crippen LogP contribution in [-0.4, -0.2) is 75.6 Å². The first-order chi connectivity index (χ1) is 16.6. The Morgan fingerprint density at radius 2 is 2.17 bits per heavy atom. The maximum absolute atomic E-state index is 14.7. The Labute approximate surface area is 200 Å². The third-order valence-electron chi connectivity index (χ3n) is 6.85. The van der Waals surface area contributed by atoms with Crippen LogP contribution in [0, 0.1) is 5.41 Å². The van der Waals surface area contributed by atoms with Crippen LogP contribution in [0.2, 0.25) is 0 Å². The summed E-state index contributed by atoms with van der Waals surface area (Å²) < 4.78 is 47.5. The first-order valence-electron chi connectivity index (χ1n) is 11.5. The first-order valence-corrected chi connectivity index (χ1v) is 11.5. The van der Waals surface area contributed by atoms with Gasteiger partial charge < -0.3 is 24.4 Å². The van der Waals surface area contributed by atoms with Crippen molar-refractivity contribution >= 4 is 12.0 Å². The van der Waals surface area contributed by atoms with E-state index in [0.29, 0.717) is 13.0 Å². The van der Waals surface area contributed by atoms with E-state index in [1.54, 1.807) is 24.9 Å². The van der Waals surface area contributed by atoms with E-state index in [-0.39, 0.29) is 32.0 Å². The van der Waals surface area contributed by atoms with Gasteiger partial charge in [0.05, 0.1) is 25.4 Å². The number of hydrogen-bond acceptors (Lipinski definition) is 7. The zero-order valence-corrected chi connectivity index (χ0v) is 19.4. The molecule has 2 fully saturated rings. The molecule has 5 rings (SSSR count). The van der Waals surface area contributed by atoms with Crippen LogP contribution in [0.5, 0.6) is 0 Å². The number of amides is 2. The molecule has 10 nitrogen and oxygen atoms in total. The summed E-state index contributed by atoms with van der Waals surface area (Å²) in [7, 11) is 0. The van der Waals surface area contributed by atoms with E-state index in [1.807, 2.05) is 6.08 Å². The fourth-order valence-electron chi connectivity index (χ4n) is 5.31. The summed E-state index contributed by atoms with van der Waals surface area (Å²) in [5.41, 5.74) is -0.479. The van der Waals surface area contributed by atoms with E-state index >= 15 is 0 Å². The number of halogens is 2. The molecule has 1 aromatic rings. The molecule has 2 saturated heterocycles. The minimum Gasteiger partial charge on any atom is -0.442 e. The van der Waals surface area contributed by atoms with Gasteiger partial charge in [0.1, 0.15) is 17.8 Å². The maximum Gasteiger partial charge on any atom is 0.407 e. The Kier molecular flexibility index (Phi) is 5.96. The quantitative estimate of drug-likeness (QED) is 0.629. The number of carbonyl (C=O) groups excluding carboxylic acids is 2. The summed E-state index contributed by atoms with van der Waals surface area (Å²) in [5, 5.41) is 10.4. The minimum atomic E-state index is -1.20. The molecular weight excluding hydrogens is 464 g/mol. The lowest BCUT2D eigenvalue weighted by molar-refractivity contribution is -0.160. The van der Waals surface area contributed by atoms with Crippen LogP contribution in [0.25, 0.3) is 0 Å². The molecular formula is C23H27F2N5O5. The van der Waals surface area contributed by atoms with Crippen LogP contribution in [0.15, 0.2) is 47.8 Å². The van der Waals surface area contributed by atoms with Crippen molar-refractivity contribution in [3.05, 3.63) is 47.8 Å². The van der Waals surface area contributed by atoms with Gasteiger partial charge in [0.25, 0.3) is 5.91 Å². The van der Waals surface area contributed by atoms with Gasteiger partial charge in [-0.05, 0) is 26.3 Å². The number of nitrogens with one attached hydrogen (secondary N) is 1. The van der Waals surface area contributed by atoms with Gasteiger partial charge in [0, 0.05) is 37.2 Å². The van der Waals surface area contributed by atoms with Crippen molar-refractivity contribution in [1.29, 1.82) is 0 Å². The molecule has 4 atom stereocenters. The highest BCUT2D eigenvalue weighted by molar-refractivity contribution is 5.81. The summed E-state index contributed by atoms with van der Waals surface area (Å²) in [5.74, 6) is -2.39. The lowest BCUT2D eigenvalue weighted by Crippen LogP contribution is -2.52. The number of carbonyl (C=O) groups is 2. The minimum absolute atomic E-state index is 0.143. The number of alkyl carbamates (subject to hydrolysis) is 1. The van der Waals surface area contributed by atoms with Crippen LogP contribution in [-0.2, 0) is 25.5 Å². The Balaban J connectivity index is 1.41. The molecule has 0 bridgehead atoms. The highest BCUT2D eigenvalue weighted by Gasteiger charge is 2.52. The Bertz CT molecular complexity index is 1100. The Morgan fingerprint density at radius 3 is 2.80 bits per heavy atom. The average molecular weight is 491 g/mol. The molecule has 4 heterocycles. The SMILES string of the molecule is CC1(C)OC[C@@H](C(=O)N2CC=C(C3(C4NC(=O)OC4Cn4ccnn4)C=C(F)C=C(F)C3)CC2)O1. The van der Waals surface area contributed by atoms with Gasteiger partial charge in [-0.1, -0.05) is 16.9 Å². The molecule has 0 radical (unpaired) electrons. The van der Waals surface area contributed by atoms with E-state index in [2.05, 4.69) is 15.6 Å². The maximum atomic E-state index is 14.7. The Hall–Kier alpha value is -3.12. The van der Waals surface area contributed by atoms with Gasteiger partial charge in [0.15, 0.2) is 11.9 Å². The molecule has 12 heteroatoms. The summed E-state index contributed by atoms with van der Waals surface area (Å²) in [4.78, 5) is 26.8. The molecule has 0 aromatic carbocycles. The van der Waals surface area contributed by atoms with Gasteiger partial charge in [-0.2, -0.15) is 0 Å². The highest BCUT2D eigenvalue weighted by Crippen LogP contribution is 2.48. The third kappa shape index (κ3) is 4.59. The van der Waals surface area contributed by atoms with Crippen LogP contribution in [0.4, 0.5) is 13.6 Å². The number of cyclic esters (lactones) is 1. The van der Waals surface area contributed by atoms with Gasteiger partial charge in [-0.3, -0.25) is 4.79 Å². The molecule has 1 aromatic heterocycles. The van der Waals surface area contributed by atoms with Crippen molar-refractivity contribution in [2.45, 2.75) is 57.3 Å². The van der Waals surface area contributed by atoms with E-state index in [0.717, 1.165) is 11.6 Å². The molecule has 1 aliphatic carbocycles. The highest BCUT2D eigenvalue weighted by atomic mass is 19.1. The van der Waals surface area contributed by atoms with Crippen molar-refractivity contribution < 1.29 is 32.6 Å². The van der Waals surface area contributed by atoms with Crippen molar-refractivity contribution in [3.8, 4) is 0 Å². The Morgan fingerprint density at radius 1 is 1.34 bits per heavy atom. The second kappa shape index (κ2) is 8.83. The van der Waals surface area contributed by atoms with Gasteiger partial charge in [-0.15, -0.1) is 5.10 Å². The second-order valence-electron chi connectivity index (χ2n) is 9.61. The molecule has 3 unspecified atom stereocenters. The topological polar surface area (TPSA) is 108 Å². The van der Waals surface area contributed by atoms with Crippen molar-refractivity contribution in [2.75, 3.05) is 19.7 Å². The van der Waals surface area contributed by atoms with Crippen LogP contribution < -0.4 is 5.32 Å². The standard InChI is InChI=1S/C23H27F2N5O5/c1-22(2)33-13-18(35-22)20(31)29-6-3-14(4-7-29)23(10-15(24)9-16(25)11-23)19-17(34-21(32)27-19)12-30-8-5-26-28-30/h3,5,8-10,17-19H,4,6-7,11-13H2,1-2H3,(H,27,32)/t17?,18-,19?,23?/m0/s1. The van der Waals surface area contributed by atoms with Crippen molar-refractivity contribution in [2.24, 2.45) is 5.41 Å². The lowest BCUT2D eigenvalue weighted by Gasteiger charge is -2.43. The van der Waals surface area contributed by atoms with E-state index in [4.69, 9.17) is 14.2 Å². The smallest absolute Gasteiger partial charge is 0.407 e. The van der Waals surface area contributed by atoms with Crippen LogP contribution in [0.1, 0.15) is 26.7 Å². The second-order valence-corrected chi connectivity index (χ2v) is 9.61. The largest absolute Gasteiger partial charge is 0.442 e. The normalized spacial score (nSPS) is 32.5. The summed E-state index contributed by atoms with van der Waals surface area (Å²) in [6.07, 6.45) is 5.23. The van der Waals surface area contributed by atoms with Gasteiger partial charge in [0.2, 0.25) is 0 Å². The number of rotatable bonds is 5. The molecule has 188 valence electrons. The number of allylic oxidation sites excluding steroid dienone is 3. The number of ether oxygens (including phenoxy) is 3. The number of hydrogen-bond donors (Lipinski definition) is 1. The van der Waals surface area contributed by atoms with E-state index < -0.39 is 47.2 Å². The van der Waals surface area contributed by atoms with Crippen molar-refractivity contribution in [3.63, 3.8) is 0 Å². The summed E-state index contributed by atoms with van der Waals surface area (Å²) >= 11 is 0. The molecule has 2 amide bonds. The van der Waals surface area contributed by atoms with Crippen LogP contribution >= 0.6 is 0 Å². The fraction of sp³-hybridized carbons (Fsp3) is 0.565. The zero-order chi connectivity index (χ0) is 24.8. The third-order valence-corrected chi connectivity index (χ3v) is 6.85. The predicted octanol–water partition coefficient (Wildman–Crippen LogP) is 2.16. The molecule has 0 saturated carbocycles. The zero-order valence-electron chi connectivity index (χ0n) is 19.4. The molecule has 3 aliphatic heterocycles. The predicted molar refractivity (Wildman–Crippen MR) is 117 cm³/mol. The molecule has 4 aliphatic rings. The van der Waals surface area contributed by atoms with Gasteiger partial charge in [-0.25, -0.2) is 18.3 Å². The fourth-order valence-corrected chi connectivity index (χ4v) is 5.31. The average Bonchev–Trinajstić information content (AvgIpc) is 3.53.